The van der Waals surface area contributed by atoms with Gasteiger partial charge in [-0.25, -0.2) is 4.98 Å². The van der Waals surface area contributed by atoms with Crippen molar-refractivity contribution < 1.29 is 0 Å². The lowest BCUT2D eigenvalue weighted by atomic mass is 10.1. The molecule has 25 heavy (non-hydrogen) atoms. The minimum Gasteiger partial charge on any atom is -0.293 e. The molecule has 0 radical (unpaired) electrons. The van der Waals surface area contributed by atoms with Crippen LogP contribution in [0.5, 0.6) is 0 Å². The predicted molar refractivity (Wildman–Crippen MR) is 104 cm³/mol. The maximum Gasteiger partial charge on any atom is 0.145 e. The molecule has 0 saturated heterocycles. The van der Waals surface area contributed by atoms with Gasteiger partial charge in [0.05, 0.1) is 11.0 Å². The van der Waals surface area contributed by atoms with Gasteiger partial charge in [0.25, 0.3) is 0 Å². The Morgan fingerprint density at radius 3 is 1.84 bits per heavy atom. The number of hydrogen-bond acceptors (Lipinski definition) is 1. The number of aromatic nitrogens is 2. The molecule has 0 aliphatic heterocycles. The van der Waals surface area contributed by atoms with Crippen LogP contribution in [0.4, 0.5) is 0 Å². The van der Waals surface area contributed by atoms with Crippen molar-refractivity contribution in [1.82, 2.24) is 9.55 Å². The minimum atomic E-state index is 0.964. The second-order valence-electron chi connectivity index (χ2n) is 6.11. The molecule has 3 aromatic carbocycles. The third-order valence-corrected chi connectivity index (χ3v) is 4.66. The summed E-state index contributed by atoms with van der Waals surface area (Å²) in [5, 5.41) is 2.51. The molecular weight excluding hydrogens is 304 g/mol. The molecule has 2 aromatic heterocycles. The van der Waals surface area contributed by atoms with Gasteiger partial charge in [0.15, 0.2) is 0 Å². The Morgan fingerprint density at radius 2 is 1.16 bits per heavy atom. The number of pyridine rings is 1. The summed E-state index contributed by atoms with van der Waals surface area (Å²) >= 11 is 0. The summed E-state index contributed by atoms with van der Waals surface area (Å²) in [6.45, 7) is 0. The SMILES string of the molecule is c1ccc(-c2cccnc2-n2c3ccccc3c3ccccc32)cc1. The van der Waals surface area contributed by atoms with Crippen LogP contribution in [0, 0.1) is 0 Å². The Balaban J connectivity index is 1.92. The summed E-state index contributed by atoms with van der Waals surface area (Å²) in [7, 11) is 0. The van der Waals surface area contributed by atoms with Crippen LogP contribution in [0.2, 0.25) is 0 Å². The molecule has 2 heterocycles. The van der Waals surface area contributed by atoms with Gasteiger partial charge in [-0.2, -0.15) is 0 Å². The Kier molecular flexibility index (Phi) is 3.14. The summed E-state index contributed by atoms with van der Waals surface area (Å²) in [6.07, 6.45) is 1.87. The van der Waals surface area contributed by atoms with E-state index in [0.717, 1.165) is 11.4 Å². The summed E-state index contributed by atoms with van der Waals surface area (Å²) in [5.74, 6) is 0.964. The first kappa shape index (κ1) is 14.0. The summed E-state index contributed by atoms with van der Waals surface area (Å²) in [6, 6.07) is 31.6. The Labute approximate surface area is 146 Å². The summed E-state index contributed by atoms with van der Waals surface area (Å²) in [4.78, 5) is 4.76. The van der Waals surface area contributed by atoms with Crippen molar-refractivity contribution in [1.29, 1.82) is 0 Å². The fraction of sp³-hybridized carbons (Fsp3) is 0. The number of benzene rings is 3. The molecule has 0 aliphatic carbocycles. The highest BCUT2D eigenvalue weighted by Crippen LogP contribution is 2.34. The molecule has 0 fully saturated rings. The first-order chi connectivity index (χ1) is 12.4. The highest BCUT2D eigenvalue weighted by molar-refractivity contribution is 6.09. The monoisotopic (exact) mass is 320 g/mol. The van der Waals surface area contributed by atoms with Gasteiger partial charge in [-0.05, 0) is 29.8 Å². The van der Waals surface area contributed by atoms with E-state index in [0.29, 0.717) is 0 Å². The largest absolute Gasteiger partial charge is 0.293 e. The number of para-hydroxylation sites is 2. The molecule has 0 bridgehead atoms. The molecule has 5 rings (SSSR count). The van der Waals surface area contributed by atoms with Gasteiger partial charge < -0.3 is 0 Å². The molecule has 0 aliphatic rings. The lowest BCUT2D eigenvalue weighted by Crippen LogP contribution is -1.99. The molecule has 118 valence electrons. The number of nitrogens with zero attached hydrogens (tertiary/aromatic N) is 2. The smallest absolute Gasteiger partial charge is 0.145 e. The molecule has 2 heteroatoms. The maximum absolute atomic E-state index is 4.76. The van der Waals surface area contributed by atoms with E-state index >= 15 is 0 Å². The minimum absolute atomic E-state index is 0.964. The van der Waals surface area contributed by atoms with Crippen molar-refractivity contribution in [2.24, 2.45) is 0 Å². The third kappa shape index (κ3) is 2.15. The highest BCUT2D eigenvalue weighted by Gasteiger charge is 2.15. The topological polar surface area (TPSA) is 17.8 Å². The molecule has 5 aromatic rings. The van der Waals surface area contributed by atoms with Gasteiger partial charge in [-0.3, -0.25) is 4.57 Å². The standard InChI is InChI=1S/C23H16N2/c1-2-9-17(10-3-1)18-13-8-16-24-23(18)25-21-14-6-4-11-19(21)20-12-5-7-15-22(20)25/h1-16H. The van der Waals surface area contributed by atoms with Crippen molar-refractivity contribution in [3.8, 4) is 16.9 Å². The quantitative estimate of drug-likeness (QED) is 0.399. The molecule has 0 N–H and O–H groups in total. The van der Waals surface area contributed by atoms with Gasteiger partial charge in [0.2, 0.25) is 0 Å². The lowest BCUT2D eigenvalue weighted by molar-refractivity contribution is 1.08. The van der Waals surface area contributed by atoms with Crippen LogP contribution in [-0.4, -0.2) is 9.55 Å². The van der Waals surface area contributed by atoms with E-state index in [-0.39, 0.29) is 0 Å². The molecular formula is C23H16N2. The van der Waals surface area contributed by atoms with Crippen LogP contribution in [0.3, 0.4) is 0 Å². The predicted octanol–water partition coefficient (Wildman–Crippen LogP) is 5.85. The maximum atomic E-state index is 4.76. The first-order valence-electron chi connectivity index (χ1n) is 8.42. The van der Waals surface area contributed by atoms with E-state index in [1.807, 2.05) is 18.3 Å². The second kappa shape index (κ2) is 5.60. The normalized spacial score (nSPS) is 11.2. The Bertz CT molecular complexity index is 1130. The molecule has 0 unspecified atom stereocenters. The zero-order chi connectivity index (χ0) is 16.6. The van der Waals surface area contributed by atoms with Gasteiger partial charge in [-0.15, -0.1) is 0 Å². The van der Waals surface area contributed by atoms with E-state index in [9.17, 15) is 0 Å². The summed E-state index contributed by atoms with van der Waals surface area (Å²) in [5.41, 5.74) is 4.67. The Hall–Kier alpha value is -3.39. The van der Waals surface area contributed by atoms with Crippen molar-refractivity contribution >= 4 is 21.8 Å². The fourth-order valence-corrected chi connectivity index (χ4v) is 3.57. The van der Waals surface area contributed by atoms with Crippen LogP contribution >= 0.6 is 0 Å². The van der Waals surface area contributed by atoms with Crippen LogP contribution < -0.4 is 0 Å². The van der Waals surface area contributed by atoms with E-state index in [1.165, 1.54) is 27.4 Å². The van der Waals surface area contributed by atoms with Gasteiger partial charge in [0, 0.05) is 22.5 Å². The van der Waals surface area contributed by atoms with Crippen molar-refractivity contribution in [2.75, 3.05) is 0 Å². The van der Waals surface area contributed by atoms with E-state index in [4.69, 9.17) is 4.98 Å². The number of hydrogen-bond donors (Lipinski definition) is 0. The van der Waals surface area contributed by atoms with Crippen molar-refractivity contribution in [3.05, 3.63) is 97.2 Å². The lowest BCUT2D eigenvalue weighted by Gasteiger charge is -2.12. The number of fused-ring (bicyclic) bond motifs is 3. The van der Waals surface area contributed by atoms with Crippen LogP contribution in [0.25, 0.3) is 38.8 Å². The van der Waals surface area contributed by atoms with Gasteiger partial charge in [0.1, 0.15) is 5.82 Å². The fourth-order valence-electron chi connectivity index (χ4n) is 3.57. The van der Waals surface area contributed by atoms with Crippen molar-refractivity contribution in [2.45, 2.75) is 0 Å². The molecule has 0 spiro atoms. The van der Waals surface area contributed by atoms with Crippen molar-refractivity contribution in [3.63, 3.8) is 0 Å². The van der Waals surface area contributed by atoms with E-state index in [1.54, 1.807) is 0 Å². The third-order valence-electron chi connectivity index (χ3n) is 4.66. The van der Waals surface area contributed by atoms with Gasteiger partial charge >= 0.3 is 0 Å². The second-order valence-corrected chi connectivity index (χ2v) is 6.11. The van der Waals surface area contributed by atoms with Crippen LogP contribution in [0.15, 0.2) is 97.2 Å². The van der Waals surface area contributed by atoms with E-state index in [2.05, 4.69) is 83.4 Å². The Morgan fingerprint density at radius 1 is 0.560 bits per heavy atom. The average molecular weight is 320 g/mol. The first-order valence-corrected chi connectivity index (χ1v) is 8.42. The zero-order valence-electron chi connectivity index (χ0n) is 13.6. The van der Waals surface area contributed by atoms with Crippen LogP contribution in [0.1, 0.15) is 0 Å². The molecule has 0 atom stereocenters. The molecule has 0 saturated carbocycles. The molecule has 2 nitrogen and oxygen atoms in total. The number of rotatable bonds is 2. The van der Waals surface area contributed by atoms with Crippen LogP contribution in [-0.2, 0) is 0 Å². The highest BCUT2D eigenvalue weighted by atomic mass is 15.1. The average Bonchev–Trinajstić information content (AvgIpc) is 3.03. The zero-order valence-corrected chi connectivity index (χ0v) is 13.6. The van der Waals surface area contributed by atoms with Gasteiger partial charge in [-0.1, -0.05) is 66.7 Å². The summed E-state index contributed by atoms with van der Waals surface area (Å²) < 4.78 is 2.27. The molecule has 0 amide bonds. The van der Waals surface area contributed by atoms with E-state index < -0.39 is 0 Å².